The molecular weight excluding hydrogens is 473 g/mol. The molecule has 176 valence electrons. The van der Waals surface area contributed by atoms with Gasteiger partial charge in [-0.1, -0.05) is 24.3 Å². The Hall–Kier alpha value is -4.18. The molecule has 0 aliphatic carbocycles. The van der Waals surface area contributed by atoms with Gasteiger partial charge in [-0.05, 0) is 65.4 Å². The van der Waals surface area contributed by atoms with Crippen molar-refractivity contribution in [1.29, 1.82) is 0 Å². The first-order valence-corrected chi connectivity index (χ1v) is 11.4. The van der Waals surface area contributed by atoms with Crippen molar-refractivity contribution < 1.29 is 27.9 Å². The van der Waals surface area contributed by atoms with Crippen LogP contribution in [0.1, 0.15) is 29.3 Å². The molecule has 1 atom stereocenters. The molecule has 1 saturated heterocycles. The standard InChI is InChI=1S/C25H18FN3O5S/c26-17-7-5-16(6-8-17)19-13-20(21-2-1-11-33-21)29(28-19)23(30)14-34-18-9-3-15(4-10-18)12-22-24(31)27-25(32)35-22/h1-12,20H,13-14H2,(H,27,31,32)/b22-12+. The number of amides is 3. The van der Waals surface area contributed by atoms with Crippen LogP contribution in [0.5, 0.6) is 5.75 Å². The number of carbonyl (C=O) groups excluding carboxylic acids is 3. The van der Waals surface area contributed by atoms with E-state index in [0.29, 0.717) is 34.1 Å². The van der Waals surface area contributed by atoms with E-state index in [9.17, 15) is 18.8 Å². The van der Waals surface area contributed by atoms with Crippen LogP contribution in [0.4, 0.5) is 9.18 Å². The van der Waals surface area contributed by atoms with Crippen molar-refractivity contribution in [3.63, 3.8) is 0 Å². The van der Waals surface area contributed by atoms with Gasteiger partial charge < -0.3 is 9.15 Å². The van der Waals surface area contributed by atoms with Crippen molar-refractivity contribution in [1.82, 2.24) is 10.3 Å². The molecular formula is C25H18FN3O5S. The monoisotopic (exact) mass is 491 g/mol. The predicted molar refractivity (Wildman–Crippen MR) is 127 cm³/mol. The van der Waals surface area contributed by atoms with Crippen LogP contribution in [0.15, 0.2) is 81.4 Å². The topological polar surface area (TPSA) is 101 Å². The van der Waals surface area contributed by atoms with Gasteiger partial charge in [-0.25, -0.2) is 9.40 Å². The molecule has 3 amide bonds. The van der Waals surface area contributed by atoms with Crippen molar-refractivity contribution >= 4 is 40.6 Å². The first kappa shape index (κ1) is 22.6. The third-order valence-corrected chi connectivity index (χ3v) is 6.21. The highest BCUT2D eigenvalue weighted by Gasteiger charge is 2.35. The normalized spacial score (nSPS) is 18.7. The van der Waals surface area contributed by atoms with E-state index in [1.807, 2.05) is 0 Å². The fourth-order valence-corrected chi connectivity index (χ4v) is 4.39. The maximum atomic E-state index is 13.3. The summed E-state index contributed by atoms with van der Waals surface area (Å²) in [5.74, 6) is -0.104. The first-order chi connectivity index (χ1) is 17.0. The number of rotatable bonds is 6. The lowest BCUT2D eigenvalue weighted by molar-refractivity contribution is -0.135. The molecule has 3 aromatic rings. The second-order valence-electron chi connectivity index (χ2n) is 7.74. The molecule has 1 fully saturated rings. The third kappa shape index (κ3) is 5.02. The summed E-state index contributed by atoms with van der Waals surface area (Å²) in [6.45, 7) is -0.259. The SMILES string of the molecule is O=C1NC(=O)/C(=C\c2ccc(OCC(=O)N3N=C(c4ccc(F)cc4)CC3c3ccco3)cc2)S1. The molecule has 35 heavy (non-hydrogen) atoms. The van der Waals surface area contributed by atoms with Crippen LogP contribution in [-0.2, 0) is 9.59 Å². The minimum Gasteiger partial charge on any atom is -0.484 e. The third-order valence-electron chi connectivity index (χ3n) is 5.40. The molecule has 2 aliphatic heterocycles. The van der Waals surface area contributed by atoms with Gasteiger partial charge in [0, 0.05) is 6.42 Å². The molecule has 10 heteroatoms. The number of nitrogens with one attached hydrogen (secondary N) is 1. The van der Waals surface area contributed by atoms with E-state index in [1.54, 1.807) is 54.6 Å². The number of hydrogen-bond donors (Lipinski definition) is 1. The van der Waals surface area contributed by atoms with Crippen LogP contribution >= 0.6 is 11.8 Å². The second-order valence-corrected chi connectivity index (χ2v) is 8.75. The van der Waals surface area contributed by atoms with Crippen molar-refractivity contribution in [3.8, 4) is 5.75 Å². The van der Waals surface area contributed by atoms with Crippen molar-refractivity contribution in [3.05, 3.63) is 94.5 Å². The van der Waals surface area contributed by atoms with E-state index >= 15 is 0 Å². The van der Waals surface area contributed by atoms with Gasteiger partial charge >= 0.3 is 0 Å². The van der Waals surface area contributed by atoms with E-state index in [0.717, 1.165) is 17.3 Å². The fraction of sp³-hybridized carbons (Fsp3) is 0.120. The summed E-state index contributed by atoms with van der Waals surface area (Å²) in [7, 11) is 0. The highest BCUT2D eigenvalue weighted by molar-refractivity contribution is 8.18. The Morgan fingerprint density at radius 2 is 1.94 bits per heavy atom. The van der Waals surface area contributed by atoms with E-state index in [1.165, 1.54) is 23.4 Å². The minimum atomic E-state index is -0.437. The Kier molecular flexibility index (Phi) is 6.19. The van der Waals surface area contributed by atoms with Gasteiger partial charge in [0.25, 0.3) is 17.1 Å². The number of carbonyl (C=O) groups is 3. The number of hydrogen-bond acceptors (Lipinski definition) is 7. The Morgan fingerprint density at radius 3 is 2.60 bits per heavy atom. The average molecular weight is 492 g/mol. The smallest absolute Gasteiger partial charge is 0.290 e. The lowest BCUT2D eigenvalue weighted by Gasteiger charge is -2.20. The average Bonchev–Trinajstić information content (AvgIpc) is 3.59. The van der Waals surface area contributed by atoms with Crippen LogP contribution in [0.25, 0.3) is 6.08 Å². The summed E-state index contributed by atoms with van der Waals surface area (Å²) in [6, 6.07) is 15.8. The summed E-state index contributed by atoms with van der Waals surface area (Å²) < 4.78 is 24.5. The summed E-state index contributed by atoms with van der Waals surface area (Å²) in [6.07, 6.45) is 3.55. The molecule has 8 nitrogen and oxygen atoms in total. The van der Waals surface area contributed by atoms with Gasteiger partial charge in [0.2, 0.25) is 0 Å². The Bertz CT molecular complexity index is 1330. The summed E-state index contributed by atoms with van der Waals surface area (Å²) >= 11 is 0.841. The zero-order valence-electron chi connectivity index (χ0n) is 18.1. The number of halogens is 1. The number of benzene rings is 2. The quantitative estimate of drug-likeness (QED) is 0.510. The summed E-state index contributed by atoms with van der Waals surface area (Å²) in [4.78, 5) is 36.3. The zero-order valence-corrected chi connectivity index (χ0v) is 19.0. The number of furan rings is 1. The molecule has 0 radical (unpaired) electrons. The van der Waals surface area contributed by atoms with Gasteiger partial charge in [-0.2, -0.15) is 5.10 Å². The summed E-state index contributed by atoms with van der Waals surface area (Å²) in [5.41, 5.74) is 2.08. The number of hydrazone groups is 1. The lowest BCUT2D eigenvalue weighted by Crippen LogP contribution is -2.31. The largest absolute Gasteiger partial charge is 0.484 e. The van der Waals surface area contributed by atoms with Gasteiger partial charge in [-0.3, -0.25) is 19.7 Å². The molecule has 0 spiro atoms. The van der Waals surface area contributed by atoms with Gasteiger partial charge in [0.15, 0.2) is 6.61 Å². The maximum Gasteiger partial charge on any atom is 0.290 e. The van der Waals surface area contributed by atoms with Crippen LogP contribution < -0.4 is 10.1 Å². The molecule has 2 aromatic carbocycles. The molecule has 1 N–H and O–H groups in total. The van der Waals surface area contributed by atoms with Crippen molar-refractivity contribution in [2.24, 2.45) is 5.10 Å². The van der Waals surface area contributed by atoms with E-state index in [-0.39, 0.29) is 18.3 Å². The van der Waals surface area contributed by atoms with Crippen LogP contribution in [0.3, 0.4) is 0 Å². The van der Waals surface area contributed by atoms with Crippen LogP contribution in [-0.4, -0.2) is 34.4 Å². The number of nitrogens with zero attached hydrogens (tertiary/aromatic N) is 2. The fourth-order valence-electron chi connectivity index (χ4n) is 3.70. The molecule has 0 saturated carbocycles. The Labute approximate surface area is 203 Å². The van der Waals surface area contributed by atoms with E-state index in [2.05, 4.69) is 10.4 Å². The molecule has 1 unspecified atom stereocenters. The predicted octanol–water partition coefficient (Wildman–Crippen LogP) is 4.50. The van der Waals surface area contributed by atoms with E-state index < -0.39 is 17.2 Å². The number of thioether (sulfide) groups is 1. The lowest BCUT2D eigenvalue weighted by atomic mass is 10.0. The zero-order chi connectivity index (χ0) is 24.4. The van der Waals surface area contributed by atoms with Crippen LogP contribution in [0, 0.1) is 5.82 Å². The molecule has 5 rings (SSSR count). The van der Waals surface area contributed by atoms with Gasteiger partial charge in [0.05, 0.1) is 16.9 Å². The maximum absolute atomic E-state index is 13.3. The molecule has 1 aromatic heterocycles. The molecule has 2 aliphatic rings. The minimum absolute atomic E-state index is 0.259. The highest BCUT2D eigenvalue weighted by Crippen LogP contribution is 2.33. The number of imide groups is 1. The Balaban J connectivity index is 1.27. The first-order valence-electron chi connectivity index (χ1n) is 10.6. The van der Waals surface area contributed by atoms with E-state index in [4.69, 9.17) is 9.15 Å². The van der Waals surface area contributed by atoms with Gasteiger partial charge in [0.1, 0.15) is 23.4 Å². The van der Waals surface area contributed by atoms with Crippen LogP contribution in [0.2, 0.25) is 0 Å². The highest BCUT2D eigenvalue weighted by atomic mass is 32.2. The molecule has 0 bridgehead atoms. The summed E-state index contributed by atoms with van der Waals surface area (Å²) in [5, 5.41) is 7.62. The second kappa shape index (κ2) is 9.59. The molecule has 3 heterocycles. The van der Waals surface area contributed by atoms with Crippen molar-refractivity contribution in [2.75, 3.05) is 6.61 Å². The number of ether oxygens (including phenoxy) is 1. The van der Waals surface area contributed by atoms with Crippen molar-refractivity contribution in [2.45, 2.75) is 12.5 Å². The Morgan fingerprint density at radius 1 is 1.17 bits per heavy atom. The van der Waals surface area contributed by atoms with Gasteiger partial charge in [-0.15, -0.1) is 0 Å².